The normalized spacial score (nSPS) is 24.9. The van der Waals surface area contributed by atoms with Gasteiger partial charge in [-0.05, 0) is 5.57 Å². The number of nitrogens with zero attached hydrogens (tertiary/aromatic N) is 2. The van der Waals surface area contributed by atoms with Crippen LogP contribution in [0.2, 0.25) is 0 Å². The summed E-state index contributed by atoms with van der Waals surface area (Å²) in [6.07, 6.45) is 1.07. The zero-order valence-corrected chi connectivity index (χ0v) is 5.22. The minimum absolute atomic E-state index is 0.836. The first-order valence-electron chi connectivity index (χ1n) is 3.26. The molecule has 3 heteroatoms. The molecule has 1 N–H and O–H groups in total. The summed E-state index contributed by atoms with van der Waals surface area (Å²) in [5, 5.41) is 11.2. The molecule has 0 aromatic carbocycles. The summed E-state index contributed by atoms with van der Waals surface area (Å²) >= 11 is 0. The molecule has 2 aliphatic rings. The van der Waals surface area contributed by atoms with E-state index in [0.29, 0.717) is 0 Å². The third kappa shape index (κ3) is 0.772. The summed E-state index contributed by atoms with van der Waals surface area (Å²) < 4.78 is 0. The van der Waals surface area contributed by atoms with Gasteiger partial charge in [0.2, 0.25) is 0 Å². The van der Waals surface area contributed by atoms with Gasteiger partial charge in [0.05, 0.1) is 12.2 Å². The first-order chi connectivity index (χ1) is 4.47. The lowest BCUT2D eigenvalue weighted by molar-refractivity contribution is 0.679. The van der Waals surface area contributed by atoms with E-state index in [1.54, 1.807) is 0 Å². The van der Waals surface area contributed by atoms with Crippen LogP contribution in [0.5, 0.6) is 0 Å². The van der Waals surface area contributed by atoms with Crippen molar-refractivity contribution in [2.24, 2.45) is 10.2 Å². The average molecular weight is 123 g/mol. The van der Waals surface area contributed by atoms with Gasteiger partial charge in [-0.2, -0.15) is 10.2 Å². The highest BCUT2D eigenvalue weighted by Gasteiger charge is 2.14. The highest BCUT2D eigenvalue weighted by molar-refractivity contribution is 5.21. The molecule has 0 aromatic rings. The van der Waals surface area contributed by atoms with Gasteiger partial charge < -0.3 is 5.32 Å². The molecule has 48 valence electrons. The molecule has 0 fully saturated rings. The molecular weight excluding hydrogens is 114 g/mol. The maximum absolute atomic E-state index is 4.02. The molecule has 0 saturated carbocycles. The van der Waals surface area contributed by atoms with Gasteiger partial charge in [0, 0.05) is 19.5 Å². The van der Waals surface area contributed by atoms with Crippen LogP contribution in [0.3, 0.4) is 0 Å². The largest absolute Gasteiger partial charge is 0.312 e. The van der Waals surface area contributed by atoms with Crippen LogP contribution in [-0.4, -0.2) is 19.6 Å². The molecule has 0 radical (unpaired) electrons. The molecule has 0 aromatic heterocycles. The Morgan fingerprint density at radius 3 is 3.33 bits per heavy atom. The van der Waals surface area contributed by atoms with E-state index >= 15 is 0 Å². The van der Waals surface area contributed by atoms with Crippen LogP contribution in [0.25, 0.3) is 0 Å². The molecule has 0 unspecified atom stereocenters. The highest BCUT2D eigenvalue weighted by Crippen LogP contribution is 2.19. The zero-order chi connectivity index (χ0) is 6.10. The van der Waals surface area contributed by atoms with E-state index in [0.717, 1.165) is 26.1 Å². The second-order valence-corrected chi connectivity index (χ2v) is 2.38. The minimum atomic E-state index is 0.836. The summed E-state index contributed by atoms with van der Waals surface area (Å²) in [5.74, 6) is 0. The lowest BCUT2D eigenvalue weighted by Gasteiger charge is -2.11. The van der Waals surface area contributed by atoms with Gasteiger partial charge in [0.15, 0.2) is 0 Å². The molecular formula is C6H9N3. The Hall–Kier alpha value is -0.700. The second-order valence-electron chi connectivity index (χ2n) is 2.38. The predicted octanol–water partition coefficient (Wildman–Crippen LogP) is 0.700. The highest BCUT2D eigenvalue weighted by atomic mass is 15.1. The molecule has 0 aliphatic carbocycles. The molecule has 3 nitrogen and oxygen atoms in total. The van der Waals surface area contributed by atoms with Crippen molar-refractivity contribution in [2.75, 3.05) is 19.6 Å². The SMILES string of the molecule is C1CC2=C(CN=N2)CN1. The fourth-order valence-electron chi connectivity index (χ4n) is 1.20. The lowest BCUT2D eigenvalue weighted by Crippen LogP contribution is -2.24. The van der Waals surface area contributed by atoms with Crippen molar-refractivity contribution in [1.29, 1.82) is 0 Å². The van der Waals surface area contributed by atoms with Crippen LogP contribution in [0.4, 0.5) is 0 Å². The standard InChI is InChI=1S/C6H9N3/c1-2-7-3-5-4-8-9-6(1)5/h7H,1-4H2. The number of nitrogens with one attached hydrogen (secondary N) is 1. The summed E-state index contributed by atoms with van der Waals surface area (Å²) in [5.41, 5.74) is 2.62. The maximum Gasteiger partial charge on any atom is 0.0847 e. The van der Waals surface area contributed by atoms with Gasteiger partial charge in [0.1, 0.15) is 0 Å². The quantitative estimate of drug-likeness (QED) is 0.505. The summed E-state index contributed by atoms with van der Waals surface area (Å²) in [6.45, 7) is 2.91. The number of hydrogen-bond donors (Lipinski definition) is 1. The Balaban J connectivity index is 2.24. The van der Waals surface area contributed by atoms with E-state index < -0.39 is 0 Å². The Morgan fingerprint density at radius 2 is 2.44 bits per heavy atom. The van der Waals surface area contributed by atoms with E-state index in [4.69, 9.17) is 0 Å². The molecule has 0 amide bonds. The smallest absolute Gasteiger partial charge is 0.0847 e. The molecule has 0 bridgehead atoms. The molecule has 0 saturated heterocycles. The fourth-order valence-corrected chi connectivity index (χ4v) is 1.20. The first-order valence-corrected chi connectivity index (χ1v) is 3.26. The van der Waals surface area contributed by atoms with E-state index in [-0.39, 0.29) is 0 Å². The number of hydrogen-bond acceptors (Lipinski definition) is 3. The van der Waals surface area contributed by atoms with Crippen LogP contribution < -0.4 is 5.32 Å². The van der Waals surface area contributed by atoms with Crippen LogP contribution in [0, 0.1) is 0 Å². The van der Waals surface area contributed by atoms with Gasteiger partial charge in [-0.25, -0.2) is 0 Å². The topological polar surface area (TPSA) is 36.8 Å². The van der Waals surface area contributed by atoms with Gasteiger partial charge in [-0.1, -0.05) is 0 Å². The monoisotopic (exact) mass is 123 g/mol. The Kier molecular flexibility index (Phi) is 1.09. The van der Waals surface area contributed by atoms with Crippen molar-refractivity contribution in [3.63, 3.8) is 0 Å². The maximum atomic E-state index is 4.02. The molecule has 0 spiro atoms. The van der Waals surface area contributed by atoms with Gasteiger partial charge >= 0.3 is 0 Å². The fraction of sp³-hybridized carbons (Fsp3) is 0.667. The Bertz CT molecular complexity index is 181. The number of azo groups is 1. The third-order valence-electron chi connectivity index (χ3n) is 1.74. The van der Waals surface area contributed by atoms with E-state index in [1.165, 1.54) is 11.3 Å². The molecule has 2 aliphatic heterocycles. The molecule has 2 heterocycles. The lowest BCUT2D eigenvalue weighted by atomic mass is 10.1. The summed E-state index contributed by atoms with van der Waals surface area (Å²) in [6, 6.07) is 0. The third-order valence-corrected chi connectivity index (χ3v) is 1.74. The van der Waals surface area contributed by atoms with E-state index in [1.807, 2.05) is 0 Å². The van der Waals surface area contributed by atoms with E-state index in [2.05, 4.69) is 15.5 Å². The second kappa shape index (κ2) is 1.92. The van der Waals surface area contributed by atoms with Gasteiger partial charge in [-0.15, -0.1) is 0 Å². The van der Waals surface area contributed by atoms with Crippen molar-refractivity contribution in [3.05, 3.63) is 11.3 Å². The van der Waals surface area contributed by atoms with Crippen LogP contribution in [0.1, 0.15) is 6.42 Å². The van der Waals surface area contributed by atoms with Crippen LogP contribution in [0.15, 0.2) is 21.5 Å². The van der Waals surface area contributed by atoms with Crippen LogP contribution in [-0.2, 0) is 0 Å². The van der Waals surface area contributed by atoms with Crippen molar-refractivity contribution in [3.8, 4) is 0 Å². The first kappa shape index (κ1) is 5.11. The van der Waals surface area contributed by atoms with Gasteiger partial charge in [-0.3, -0.25) is 0 Å². The molecule has 9 heavy (non-hydrogen) atoms. The van der Waals surface area contributed by atoms with Crippen molar-refractivity contribution < 1.29 is 0 Å². The number of rotatable bonds is 0. The van der Waals surface area contributed by atoms with Crippen LogP contribution >= 0.6 is 0 Å². The van der Waals surface area contributed by atoms with Crippen molar-refractivity contribution in [1.82, 2.24) is 5.32 Å². The molecule has 0 atom stereocenters. The summed E-state index contributed by atoms with van der Waals surface area (Å²) in [7, 11) is 0. The minimum Gasteiger partial charge on any atom is -0.312 e. The average Bonchev–Trinajstić information content (AvgIpc) is 2.33. The van der Waals surface area contributed by atoms with Crippen molar-refractivity contribution >= 4 is 0 Å². The summed E-state index contributed by atoms with van der Waals surface area (Å²) in [4.78, 5) is 0. The van der Waals surface area contributed by atoms with Crippen molar-refractivity contribution in [2.45, 2.75) is 6.42 Å². The predicted molar refractivity (Wildman–Crippen MR) is 34.2 cm³/mol. The van der Waals surface area contributed by atoms with E-state index in [9.17, 15) is 0 Å². The zero-order valence-electron chi connectivity index (χ0n) is 5.22. The van der Waals surface area contributed by atoms with Gasteiger partial charge in [0.25, 0.3) is 0 Å². The molecule has 2 rings (SSSR count). The Labute approximate surface area is 53.9 Å². The Morgan fingerprint density at radius 1 is 1.44 bits per heavy atom.